The molecule has 0 saturated carbocycles. The summed E-state index contributed by atoms with van der Waals surface area (Å²) in [6.45, 7) is 3.59. The van der Waals surface area contributed by atoms with Gasteiger partial charge in [0.25, 0.3) is 0 Å². The number of amides is 1. The zero-order valence-electron chi connectivity index (χ0n) is 28.1. The van der Waals surface area contributed by atoms with E-state index in [0.29, 0.717) is 12.8 Å². The van der Waals surface area contributed by atoms with Gasteiger partial charge in [-0.2, -0.15) is 0 Å². The molecule has 9 heteroatoms. The normalized spacial score (nSPS) is 23.8. The second-order valence-electron chi connectivity index (χ2n) is 12.3. The van der Waals surface area contributed by atoms with Crippen molar-refractivity contribution in [2.75, 3.05) is 13.2 Å². The monoisotopic (exact) mass is 639 g/mol. The Balaban J connectivity index is 2.26. The van der Waals surface area contributed by atoms with Crippen LogP contribution in [0.15, 0.2) is 36.5 Å². The van der Waals surface area contributed by atoms with Crippen molar-refractivity contribution in [3.63, 3.8) is 0 Å². The molecule has 0 spiro atoms. The standard InChI is InChI=1S/C36H65NO8/c1-3-5-7-8-9-10-11-12-13-14-15-16-17-18-19-20-21-22-24-26-32(40)37-29(30(39)25-23-6-4-2)28-44-36-35(43)34(42)33(41)31(27-38)45-36/h9-10,12-13,15-16,29-31,33-36,38-39,41-43H,3-8,11,14,17-28H2,1-2H3,(H,37,40)/b10-9-,13-12-,16-15-. The molecule has 0 aromatic carbocycles. The summed E-state index contributed by atoms with van der Waals surface area (Å²) in [5.74, 6) is -0.172. The summed E-state index contributed by atoms with van der Waals surface area (Å²) in [5, 5.41) is 53.3. The average Bonchev–Trinajstić information content (AvgIpc) is 3.03. The van der Waals surface area contributed by atoms with Crippen LogP contribution in [-0.4, -0.2) is 87.5 Å². The number of aliphatic hydroxyl groups excluding tert-OH is 5. The maximum Gasteiger partial charge on any atom is 0.220 e. The van der Waals surface area contributed by atoms with E-state index in [9.17, 15) is 30.3 Å². The Morgan fingerprint density at radius 3 is 1.93 bits per heavy atom. The minimum atomic E-state index is -1.55. The highest BCUT2D eigenvalue weighted by Crippen LogP contribution is 2.22. The molecule has 0 radical (unpaired) electrons. The lowest BCUT2D eigenvalue weighted by Gasteiger charge is -2.40. The topological polar surface area (TPSA) is 149 Å². The molecule has 1 rings (SSSR count). The number of hydrogen-bond donors (Lipinski definition) is 6. The highest BCUT2D eigenvalue weighted by atomic mass is 16.7. The lowest BCUT2D eigenvalue weighted by molar-refractivity contribution is -0.302. The Kier molecular flexibility index (Phi) is 25.3. The molecule has 1 saturated heterocycles. The van der Waals surface area contributed by atoms with Crippen molar-refractivity contribution in [3.05, 3.63) is 36.5 Å². The van der Waals surface area contributed by atoms with Gasteiger partial charge >= 0.3 is 0 Å². The number of allylic oxidation sites excluding steroid dienone is 6. The van der Waals surface area contributed by atoms with Crippen LogP contribution < -0.4 is 5.32 Å². The third kappa shape index (κ3) is 19.6. The second kappa shape index (κ2) is 27.5. The molecule has 6 N–H and O–H groups in total. The molecule has 1 heterocycles. The Bertz CT molecular complexity index is 802. The van der Waals surface area contributed by atoms with Crippen molar-refractivity contribution >= 4 is 5.91 Å². The van der Waals surface area contributed by atoms with Crippen molar-refractivity contribution in [3.8, 4) is 0 Å². The predicted octanol–water partition coefficient (Wildman–Crippen LogP) is 5.38. The summed E-state index contributed by atoms with van der Waals surface area (Å²) >= 11 is 0. The Morgan fingerprint density at radius 1 is 0.756 bits per heavy atom. The van der Waals surface area contributed by atoms with Gasteiger partial charge in [-0.25, -0.2) is 0 Å². The molecule has 9 nitrogen and oxygen atoms in total. The van der Waals surface area contributed by atoms with E-state index in [-0.39, 0.29) is 12.5 Å². The minimum absolute atomic E-state index is 0.150. The molecule has 1 fully saturated rings. The van der Waals surface area contributed by atoms with Crippen LogP contribution in [0.4, 0.5) is 0 Å². The molecule has 7 atom stereocenters. The van der Waals surface area contributed by atoms with Gasteiger partial charge in [-0.1, -0.05) is 108 Å². The number of nitrogens with one attached hydrogen (secondary N) is 1. The Labute approximate surface area is 272 Å². The minimum Gasteiger partial charge on any atom is -0.394 e. The lowest BCUT2D eigenvalue weighted by Crippen LogP contribution is -2.60. The zero-order valence-corrected chi connectivity index (χ0v) is 28.1. The number of rotatable bonds is 27. The van der Waals surface area contributed by atoms with Gasteiger partial charge in [-0.3, -0.25) is 4.79 Å². The van der Waals surface area contributed by atoms with E-state index < -0.39 is 49.5 Å². The van der Waals surface area contributed by atoms with Crippen molar-refractivity contribution in [1.82, 2.24) is 5.32 Å². The third-order valence-electron chi connectivity index (χ3n) is 8.25. The number of ether oxygens (including phenoxy) is 2. The molecular formula is C36H65NO8. The lowest BCUT2D eigenvalue weighted by atomic mass is 9.99. The first kappa shape index (κ1) is 41.4. The number of carbonyl (C=O) groups excluding carboxylic acids is 1. The van der Waals surface area contributed by atoms with E-state index in [0.717, 1.165) is 64.2 Å². The van der Waals surface area contributed by atoms with Crippen LogP contribution in [0.1, 0.15) is 129 Å². The number of hydrogen-bond acceptors (Lipinski definition) is 8. The zero-order chi connectivity index (χ0) is 33.1. The maximum absolute atomic E-state index is 12.7. The molecule has 262 valence electrons. The van der Waals surface area contributed by atoms with Crippen LogP contribution in [0.3, 0.4) is 0 Å². The van der Waals surface area contributed by atoms with Crippen LogP contribution >= 0.6 is 0 Å². The molecule has 0 aliphatic carbocycles. The van der Waals surface area contributed by atoms with Gasteiger partial charge in [-0.05, 0) is 51.4 Å². The van der Waals surface area contributed by atoms with Gasteiger partial charge in [0.15, 0.2) is 6.29 Å². The first-order chi connectivity index (χ1) is 21.8. The van der Waals surface area contributed by atoms with Gasteiger partial charge in [0.2, 0.25) is 5.91 Å². The number of carbonyl (C=O) groups is 1. The fourth-order valence-electron chi connectivity index (χ4n) is 5.28. The van der Waals surface area contributed by atoms with Crippen molar-refractivity contribution in [2.45, 2.75) is 172 Å². The third-order valence-corrected chi connectivity index (χ3v) is 8.25. The van der Waals surface area contributed by atoms with E-state index >= 15 is 0 Å². The first-order valence-electron chi connectivity index (χ1n) is 17.7. The second-order valence-corrected chi connectivity index (χ2v) is 12.3. The van der Waals surface area contributed by atoms with Gasteiger partial charge in [-0.15, -0.1) is 0 Å². The average molecular weight is 640 g/mol. The summed E-state index contributed by atoms with van der Waals surface area (Å²) in [4.78, 5) is 12.7. The number of unbranched alkanes of at least 4 members (excludes halogenated alkanes) is 11. The quantitative estimate of drug-likeness (QED) is 0.0519. The van der Waals surface area contributed by atoms with E-state index in [2.05, 4.69) is 55.6 Å². The van der Waals surface area contributed by atoms with E-state index in [1.54, 1.807) is 0 Å². The Hall–Kier alpha value is -1.59. The van der Waals surface area contributed by atoms with Crippen molar-refractivity contribution < 1.29 is 39.8 Å². The fourth-order valence-corrected chi connectivity index (χ4v) is 5.28. The molecule has 7 unspecified atom stereocenters. The van der Waals surface area contributed by atoms with Gasteiger partial charge < -0.3 is 40.3 Å². The van der Waals surface area contributed by atoms with Crippen LogP contribution in [0.25, 0.3) is 0 Å². The van der Waals surface area contributed by atoms with Crippen LogP contribution in [0.5, 0.6) is 0 Å². The SMILES string of the molecule is CCCCC/C=C\C/C=C\C/C=C\CCCCCCCCC(=O)NC(COC1OC(CO)C(O)C(O)C1O)C(O)CCCCC. The molecule has 45 heavy (non-hydrogen) atoms. The maximum atomic E-state index is 12.7. The van der Waals surface area contributed by atoms with Crippen molar-refractivity contribution in [2.24, 2.45) is 0 Å². The summed E-state index contributed by atoms with van der Waals surface area (Å²) in [7, 11) is 0. The molecular weight excluding hydrogens is 574 g/mol. The van der Waals surface area contributed by atoms with Crippen LogP contribution in [0, 0.1) is 0 Å². The van der Waals surface area contributed by atoms with Gasteiger partial charge in [0, 0.05) is 6.42 Å². The molecule has 1 aliphatic heterocycles. The number of aliphatic hydroxyl groups is 5. The first-order valence-corrected chi connectivity index (χ1v) is 17.7. The summed E-state index contributed by atoms with van der Waals surface area (Å²) in [5.41, 5.74) is 0. The highest BCUT2D eigenvalue weighted by molar-refractivity contribution is 5.76. The molecule has 1 aliphatic rings. The van der Waals surface area contributed by atoms with Crippen LogP contribution in [-0.2, 0) is 14.3 Å². The molecule has 1 amide bonds. The predicted molar refractivity (Wildman–Crippen MR) is 180 cm³/mol. The fraction of sp³-hybridized carbons (Fsp3) is 0.806. The largest absolute Gasteiger partial charge is 0.394 e. The Morgan fingerprint density at radius 2 is 1.31 bits per heavy atom. The summed E-state index contributed by atoms with van der Waals surface area (Å²) < 4.78 is 11.0. The smallest absolute Gasteiger partial charge is 0.220 e. The van der Waals surface area contributed by atoms with E-state index in [4.69, 9.17) is 9.47 Å². The van der Waals surface area contributed by atoms with E-state index in [1.165, 1.54) is 38.5 Å². The van der Waals surface area contributed by atoms with Crippen molar-refractivity contribution in [1.29, 1.82) is 0 Å². The van der Waals surface area contributed by atoms with E-state index in [1.807, 2.05) is 0 Å². The molecule has 0 aromatic rings. The van der Waals surface area contributed by atoms with Gasteiger partial charge in [0.05, 0.1) is 25.4 Å². The van der Waals surface area contributed by atoms with Crippen LogP contribution in [0.2, 0.25) is 0 Å². The highest BCUT2D eigenvalue weighted by Gasteiger charge is 2.44. The molecule has 0 bridgehead atoms. The summed E-state index contributed by atoms with van der Waals surface area (Å²) in [6.07, 6.45) is 23.8. The summed E-state index contributed by atoms with van der Waals surface area (Å²) in [6, 6.07) is -0.720. The molecule has 0 aromatic heterocycles. The van der Waals surface area contributed by atoms with Gasteiger partial charge in [0.1, 0.15) is 24.4 Å².